The molecule has 7 heteroatoms. The third-order valence-electron chi connectivity index (χ3n) is 1.87. The number of halogens is 2. The lowest BCUT2D eigenvalue weighted by Crippen LogP contribution is -2.44. The van der Waals surface area contributed by atoms with E-state index in [-0.39, 0.29) is 24.8 Å². The van der Waals surface area contributed by atoms with Gasteiger partial charge in [-0.25, -0.2) is 4.98 Å². The molecule has 0 aliphatic carbocycles. The van der Waals surface area contributed by atoms with Gasteiger partial charge in [0.05, 0.1) is 12.4 Å². The maximum absolute atomic E-state index is 4.13. The molecule has 0 saturated carbocycles. The number of nitrogens with one attached hydrogen (secondary N) is 1. The quantitative estimate of drug-likeness (QED) is 0.753. The second kappa shape index (κ2) is 6.75. The summed E-state index contributed by atoms with van der Waals surface area (Å²) in [4.78, 5) is 6.26. The third-order valence-corrected chi connectivity index (χ3v) is 1.87. The Kier molecular flexibility index (Phi) is 6.44. The average molecular weight is 238 g/mol. The number of hydrogen-bond donors (Lipinski definition) is 1. The Morgan fingerprint density at radius 2 is 1.86 bits per heavy atom. The highest BCUT2D eigenvalue weighted by atomic mass is 35.5. The highest BCUT2D eigenvalue weighted by molar-refractivity contribution is 5.85. The fourth-order valence-electron chi connectivity index (χ4n) is 1.25. The van der Waals surface area contributed by atoms with Gasteiger partial charge in [-0.3, -0.25) is 0 Å². The number of aromatic nitrogens is 3. The monoisotopic (exact) mass is 237 g/mol. The van der Waals surface area contributed by atoms with E-state index in [9.17, 15) is 0 Å². The van der Waals surface area contributed by atoms with Crippen LogP contribution in [-0.2, 0) is 0 Å². The van der Waals surface area contributed by atoms with Crippen LogP contribution >= 0.6 is 24.8 Å². The smallest absolute Gasteiger partial charge is 0.245 e. The molecule has 0 atom stereocenters. The molecule has 0 unspecified atom stereocenters. The Hall–Kier alpha value is -0.650. The predicted molar refractivity (Wildman–Crippen MR) is 59.4 cm³/mol. The van der Waals surface area contributed by atoms with Crippen molar-refractivity contribution in [2.45, 2.75) is 0 Å². The van der Waals surface area contributed by atoms with Crippen LogP contribution in [0.5, 0.6) is 0 Å². The molecule has 0 spiro atoms. The van der Waals surface area contributed by atoms with Gasteiger partial charge in [0.1, 0.15) is 0 Å². The van der Waals surface area contributed by atoms with Gasteiger partial charge in [-0.1, -0.05) is 0 Å². The van der Waals surface area contributed by atoms with Crippen LogP contribution in [0.1, 0.15) is 0 Å². The van der Waals surface area contributed by atoms with Crippen molar-refractivity contribution in [1.82, 2.24) is 20.5 Å². The maximum atomic E-state index is 4.13. The number of piperazine rings is 1. The zero-order chi connectivity index (χ0) is 8.23. The normalized spacial score (nSPS) is 15.3. The van der Waals surface area contributed by atoms with E-state index in [1.54, 1.807) is 12.4 Å². The molecule has 2 rings (SSSR count). The van der Waals surface area contributed by atoms with E-state index >= 15 is 0 Å². The van der Waals surface area contributed by atoms with Crippen LogP contribution in [0.2, 0.25) is 0 Å². The fourth-order valence-corrected chi connectivity index (χ4v) is 1.25. The van der Waals surface area contributed by atoms with Crippen LogP contribution in [0, 0.1) is 0 Å². The van der Waals surface area contributed by atoms with E-state index in [4.69, 9.17) is 0 Å². The van der Waals surface area contributed by atoms with Gasteiger partial charge in [0, 0.05) is 26.2 Å². The molecule has 1 aliphatic rings. The van der Waals surface area contributed by atoms with E-state index in [1.165, 1.54) is 0 Å². The van der Waals surface area contributed by atoms with E-state index in [2.05, 4.69) is 25.4 Å². The lowest BCUT2D eigenvalue weighted by Gasteiger charge is -2.26. The topological polar surface area (TPSA) is 53.9 Å². The molecule has 1 aromatic rings. The predicted octanol–water partition coefficient (Wildman–Crippen LogP) is 0.125. The SMILES string of the molecule is Cl.Cl.c1cnc(N2CCNCC2)nn1. The average Bonchev–Trinajstić information content (AvgIpc) is 2.21. The number of anilines is 1. The summed E-state index contributed by atoms with van der Waals surface area (Å²) in [5, 5.41) is 11.0. The van der Waals surface area contributed by atoms with Crippen molar-refractivity contribution in [3.8, 4) is 0 Å². The number of nitrogens with zero attached hydrogens (tertiary/aromatic N) is 4. The molecule has 0 bridgehead atoms. The molecule has 14 heavy (non-hydrogen) atoms. The van der Waals surface area contributed by atoms with Gasteiger partial charge >= 0.3 is 0 Å². The minimum atomic E-state index is 0. The van der Waals surface area contributed by atoms with Crippen molar-refractivity contribution >= 4 is 30.8 Å². The van der Waals surface area contributed by atoms with Crippen LogP contribution in [0.4, 0.5) is 5.95 Å². The van der Waals surface area contributed by atoms with Crippen molar-refractivity contribution in [3.05, 3.63) is 12.4 Å². The Morgan fingerprint density at radius 1 is 1.14 bits per heavy atom. The van der Waals surface area contributed by atoms with E-state index in [0.29, 0.717) is 0 Å². The summed E-state index contributed by atoms with van der Waals surface area (Å²) >= 11 is 0. The zero-order valence-electron chi connectivity index (χ0n) is 7.59. The largest absolute Gasteiger partial charge is 0.337 e. The molecule has 0 amide bonds. The lowest BCUT2D eigenvalue weighted by molar-refractivity contribution is 0.576. The molecule has 1 fully saturated rings. The summed E-state index contributed by atoms with van der Waals surface area (Å²) in [6, 6.07) is 0. The summed E-state index contributed by atoms with van der Waals surface area (Å²) in [6.07, 6.45) is 3.26. The molecule has 1 aliphatic heterocycles. The maximum Gasteiger partial charge on any atom is 0.245 e. The summed E-state index contributed by atoms with van der Waals surface area (Å²) in [7, 11) is 0. The summed E-state index contributed by atoms with van der Waals surface area (Å²) in [6.45, 7) is 3.92. The zero-order valence-corrected chi connectivity index (χ0v) is 9.22. The molecular formula is C7H13Cl2N5. The van der Waals surface area contributed by atoms with Crippen molar-refractivity contribution < 1.29 is 0 Å². The third kappa shape index (κ3) is 3.25. The first-order chi connectivity index (χ1) is 5.97. The second-order valence-corrected chi connectivity index (χ2v) is 2.68. The van der Waals surface area contributed by atoms with Crippen LogP contribution < -0.4 is 10.2 Å². The molecule has 2 heterocycles. The minimum absolute atomic E-state index is 0. The number of rotatable bonds is 1. The van der Waals surface area contributed by atoms with E-state index in [1.807, 2.05) is 0 Å². The highest BCUT2D eigenvalue weighted by Gasteiger charge is 2.11. The van der Waals surface area contributed by atoms with Crippen LogP contribution in [0.25, 0.3) is 0 Å². The van der Waals surface area contributed by atoms with Crippen molar-refractivity contribution in [3.63, 3.8) is 0 Å². The first-order valence-electron chi connectivity index (χ1n) is 4.06. The molecule has 0 radical (unpaired) electrons. The second-order valence-electron chi connectivity index (χ2n) is 2.68. The van der Waals surface area contributed by atoms with Crippen molar-refractivity contribution in [1.29, 1.82) is 0 Å². The van der Waals surface area contributed by atoms with Crippen molar-refractivity contribution in [2.75, 3.05) is 31.1 Å². The van der Waals surface area contributed by atoms with Gasteiger partial charge in [0.15, 0.2) is 0 Å². The Morgan fingerprint density at radius 3 is 2.43 bits per heavy atom. The Labute approximate surface area is 95.1 Å². The molecule has 80 valence electrons. The minimum Gasteiger partial charge on any atom is -0.337 e. The molecule has 1 saturated heterocycles. The molecular weight excluding hydrogens is 225 g/mol. The van der Waals surface area contributed by atoms with Gasteiger partial charge in [0.2, 0.25) is 5.95 Å². The Bertz CT molecular complexity index is 239. The Balaban J connectivity index is 0.000000845. The summed E-state index contributed by atoms with van der Waals surface area (Å²) < 4.78 is 0. The van der Waals surface area contributed by atoms with E-state index in [0.717, 1.165) is 32.1 Å². The fraction of sp³-hybridized carbons (Fsp3) is 0.571. The summed E-state index contributed by atoms with van der Waals surface area (Å²) in [5.41, 5.74) is 0. The van der Waals surface area contributed by atoms with Gasteiger partial charge in [0.25, 0.3) is 0 Å². The van der Waals surface area contributed by atoms with Gasteiger partial charge in [-0.2, -0.15) is 5.10 Å². The van der Waals surface area contributed by atoms with Crippen LogP contribution in [0.3, 0.4) is 0 Å². The summed E-state index contributed by atoms with van der Waals surface area (Å²) in [5.74, 6) is 0.735. The molecule has 1 N–H and O–H groups in total. The van der Waals surface area contributed by atoms with Crippen molar-refractivity contribution in [2.24, 2.45) is 0 Å². The van der Waals surface area contributed by atoms with Gasteiger partial charge < -0.3 is 10.2 Å². The van der Waals surface area contributed by atoms with Crippen LogP contribution in [-0.4, -0.2) is 41.4 Å². The molecule has 0 aromatic carbocycles. The van der Waals surface area contributed by atoms with Gasteiger partial charge in [-0.05, 0) is 0 Å². The molecule has 1 aromatic heterocycles. The highest BCUT2D eigenvalue weighted by Crippen LogP contribution is 2.03. The molecule has 5 nitrogen and oxygen atoms in total. The van der Waals surface area contributed by atoms with Gasteiger partial charge in [-0.15, -0.1) is 29.9 Å². The lowest BCUT2D eigenvalue weighted by atomic mass is 10.4. The number of hydrogen-bond acceptors (Lipinski definition) is 5. The first-order valence-corrected chi connectivity index (χ1v) is 4.06. The first kappa shape index (κ1) is 13.4. The van der Waals surface area contributed by atoms with E-state index < -0.39 is 0 Å². The standard InChI is InChI=1S/C7H11N5.2ClH/c1-2-10-11-7(9-1)12-5-3-8-4-6-12;;/h1-2,8H,3-6H2;2*1H. The van der Waals surface area contributed by atoms with Crippen LogP contribution in [0.15, 0.2) is 12.4 Å².